The summed E-state index contributed by atoms with van der Waals surface area (Å²) in [6, 6.07) is 29.7. The van der Waals surface area contributed by atoms with Crippen molar-refractivity contribution < 1.29 is 9.84 Å². The Labute approximate surface area is 213 Å². The Morgan fingerprint density at radius 1 is 0.765 bits per heavy atom. The van der Waals surface area contributed by atoms with Gasteiger partial charge in [-0.1, -0.05) is 60.7 Å². The van der Waals surface area contributed by atoms with Gasteiger partial charge in [-0.3, -0.25) is 4.90 Å². The minimum atomic E-state index is 0. The third kappa shape index (κ3) is 8.03. The van der Waals surface area contributed by atoms with Gasteiger partial charge in [0.25, 0.3) is 0 Å². The van der Waals surface area contributed by atoms with Gasteiger partial charge in [-0.15, -0.1) is 24.8 Å². The number of rotatable bonds is 9. The van der Waals surface area contributed by atoms with Crippen molar-refractivity contribution in [1.82, 2.24) is 14.9 Å². The molecule has 7 heteroatoms. The summed E-state index contributed by atoms with van der Waals surface area (Å²) < 4.78 is 6.04. The fourth-order valence-electron chi connectivity index (χ4n) is 3.53. The molecule has 0 unspecified atom stereocenters. The van der Waals surface area contributed by atoms with Crippen LogP contribution < -0.4 is 4.74 Å². The molecule has 0 radical (unpaired) electrons. The number of hydrogen-bond acceptors (Lipinski definition) is 5. The van der Waals surface area contributed by atoms with Gasteiger partial charge in [0.15, 0.2) is 5.82 Å². The molecule has 5 nitrogen and oxygen atoms in total. The van der Waals surface area contributed by atoms with Crippen LogP contribution in [0.15, 0.2) is 91.0 Å². The van der Waals surface area contributed by atoms with Crippen LogP contribution in [0.1, 0.15) is 16.8 Å². The molecule has 178 valence electrons. The van der Waals surface area contributed by atoms with Crippen LogP contribution >= 0.6 is 24.8 Å². The second-order valence-corrected chi connectivity index (χ2v) is 7.75. The van der Waals surface area contributed by atoms with Crippen molar-refractivity contribution in [3.8, 4) is 23.0 Å². The molecule has 3 aromatic carbocycles. The summed E-state index contributed by atoms with van der Waals surface area (Å²) in [5.74, 6) is 1.36. The zero-order valence-electron chi connectivity index (χ0n) is 19.0. The second-order valence-electron chi connectivity index (χ2n) is 7.75. The number of phenolic OH excluding ortho intramolecular Hbond substituents is 1. The zero-order chi connectivity index (χ0) is 22.2. The topological polar surface area (TPSA) is 58.5 Å². The molecule has 1 aromatic heterocycles. The van der Waals surface area contributed by atoms with E-state index in [1.165, 1.54) is 11.1 Å². The fourth-order valence-corrected chi connectivity index (χ4v) is 3.53. The number of nitrogens with zero attached hydrogens (tertiary/aromatic N) is 3. The van der Waals surface area contributed by atoms with E-state index in [1.807, 2.05) is 25.1 Å². The predicted octanol–water partition coefficient (Wildman–Crippen LogP) is 6.08. The summed E-state index contributed by atoms with van der Waals surface area (Å²) in [6.07, 6.45) is 0. The Morgan fingerprint density at radius 2 is 1.32 bits per heavy atom. The Morgan fingerprint density at radius 3 is 1.88 bits per heavy atom. The molecule has 1 heterocycles. The molecular formula is C27H29Cl2N3O2. The molecule has 4 aromatic rings. The first kappa shape index (κ1) is 27.1. The molecule has 4 rings (SSSR count). The Kier molecular flexibility index (Phi) is 10.8. The van der Waals surface area contributed by atoms with Gasteiger partial charge in [-0.05, 0) is 42.3 Å². The lowest BCUT2D eigenvalue weighted by molar-refractivity contribution is 0.192. The van der Waals surface area contributed by atoms with Crippen LogP contribution in [0.4, 0.5) is 0 Å². The molecule has 0 bridgehead atoms. The fraction of sp³-hybridized carbons (Fsp3) is 0.185. The summed E-state index contributed by atoms with van der Waals surface area (Å²) in [7, 11) is 0. The third-order valence-electron chi connectivity index (χ3n) is 5.11. The largest absolute Gasteiger partial charge is 0.508 e. The minimum Gasteiger partial charge on any atom is -0.508 e. The number of aromatic nitrogens is 2. The maximum absolute atomic E-state index is 9.52. The monoisotopic (exact) mass is 497 g/mol. The minimum absolute atomic E-state index is 0. The van der Waals surface area contributed by atoms with Gasteiger partial charge in [-0.25, -0.2) is 4.98 Å². The summed E-state index contributed by atoms with van der Waals surface area (Å²) in [4.78, 5) is 11.4. The van der Waals surface area contributed by atoms with Crippen molar-refractivity contribution >= 4 is 24.8 Å². The van der Waals surface area contributed by atoms with Gasteiger partial charge >= 0.3 is 0 Å². The lowest BCUT2D eigenvalue weighted by Crippen LogP contribution is -2.28. The lowest BCUT2D eigenvalue weighted by Gasteiger charge is -2.22. The van der Waals surface area contributed by atoms with Crippen LogP contribution in [-0.2, 0) is 13.1 Å². The van der Waals surface area contributed by atoms with E-state index < -0.39 is 0 Å². The molecule has 0 saturated carbocycles. The highest BCUT2D eigenvalue weighted by Gasteiger charge is 2.10. The van der Waals surface area contributed by atoms with Crippen molar-refractivity contribution in [3.63, 3.8) is 0 Å². The molecule has 0 aliphatic rings. The van der Waals surface area contributed by atoms with Crippen molar-refractivity contribution in [1.29, 1.82) is 0 Å². The average Bonchev–Trinajstić information content (AvgIpc) is 2.80. The molecule has 0 atom stereocenters. The predicted molar refractivity (Wildman–Crippen MR) is 141 cm³/mol. The number of phenols is 1. The molecule has 34 heavy (non-hydrogen) atoms. The lowest BCUT2D eigenvalue weighted by atomic mass is 10.1. The number of benzene rings is 3. The van der Waals surface area contributed by atoms with Gasteiger partial charge in [0.1, 0.15) is 12.4 Å². The highest BCUT2D eigenvalue weighted by Crippen LogP contribution is 2.21. The standard InChI is InChI=1S/C27H27N3O2.2ClH/c1-21-18-26(29-27(28-21)24-12-14-25(31)15-13-24)32-17-16-30(19-22-8-4-2-5-9-22)20-23-10-6-3-7-11-23;;/h2-15,18,31H,16-17,19-20H2,1H3;2*1H. The first-order valence-electron chi connectivity index (χ1n) is 10.7. The van der Waals surface area contributed by atoms with Crippen molar-refractivity contribution in [2.24, 2.45) is 0 Å². The second kappa shape index (κ2) is 13.6. The molecule has 0 aliphatic carbocycles. The van der Waals surface area contributed by atoms with Crippen LogP contribution in [-0.4, -0.2) is 33.1 Å². The smallest absolute Gasteiger partial charge is 0.217 e. The van der Waals surface area contributed by atoms with E-state index in [-0.39, 0.29) is 30.6 Å². The Bertz CT molecular complexity index is 1090. The van der Waals surface area contributed by atoms with Crippen LogP contribution in [0.2, 0.25) is 0 Å². The molecule has 1 N–H and O–H groups in total. The number of aryl methyl sites for hydroxylation is 1. The van der Waals surface area contributed by atoms with Crippen molar-refractivity contribution in [3.05, 3.63) is 108 Å². The maximum atomic E-state index is 9.52. The SMILES string of the molecule is Cc1cc(OCCN(Cc2ccccc2)Cc2ccccc2)nc(-c2ccc(O)cc2)n1.Cl.Cl. The van der Waals surface area contributed by atoms with Gasteiger partial charge < -0.3 is 9.84 Å². The van der Waals surface area contributed by atoms with Crippen LogP contribution in [0.5, 0.6) is 11.6 Å². The summed E-state index contributed by atoms with van der Waals surface area (Å²) >= 11 is 0. The molecule has 0 amide bonds. The van der Waals surface area contributed by atoms with Crippen LogP contribution in [0.3, 0.4) is 0 Å². The normalized spacial score (nSPS) is 10.3. The van der Waals surface area contributed by atoms with E-state index in [1.54, 1.807) is 24.3 Å². The molecular weight excluding hydrogens is 469 g/mol. The van der Waals surface area contributed by atoms with Crippen LogP contribution in [0, 0.1) is 6.92 Å². The molecule has 0 aliphatic heterocycles. The maximum Gasteiger partial charge on any atom is 0.217 e. The number of hydrogen-bond donors (Lipinski definition) is 1. The highest BCUT2D eigenvalue weighted by atomic mass is 35.5. The number of halogens is 2. The Balaban J connectivity index is 0.00000204. The van der Waals surface area contributed by atoms with Gasteiger partial charge in [0.2, 0.25) is 5.88 Å². The first-order valence-corrected chi connectivity index (χ1v) is 10.7. The zero-order valence-corrected chi connectivity index (χ0v) is 20.6. The summed E-state index contributed by atoms with van der Waals surface area (Å²) in [5.41, 5.74) is 4.22. The highest BCUT2D eigenvalue weighted by molar-refractivity contribution is 5.85. The van der Waals surface area contributed by atoms with Crippen molar-refractivity contribution in [2.45, 2.75) is 20.0 Å². The Hall–Kier alpha value is -3.12. The van der Waals surface area contributed by atoms with Crippen LogP contribution in [0.25, 0.3) is 11.4 Å². The van der Waals surface area contributed by atoms with E-state index in [4.69, 9.17) is 4.74 Å². The van der Waals surface area contributed by atoms with Gasteiger partial charge in [0, 0.05) is 37.0 Å². The average molecular weight is 498 g/mol. The van der Waals surface area contributed by atoms with Gasteiger partial charge in [0.05, 0.1) is 0 Å². The molecule has 0 saturated heterocycles. The number of ether oxygens (including phenoxy) is 1. The van der Waals surface area contributed by atoms with E-state index in [0.29, 0.717) is 18.3 Å². The number of aromatic hydroxyl groups is 1. The van der Waals surface area contributed by atoms with E-state index in [2.05, 4.69) is 63.4 Å². The van der Waals surface area contributed by atoms with Crippen molar-refractivity contribution in [2.75, 3.05) is 13.2 Å². The van der Waals surface area contributed by atoms with E-state index in [9.17, 15) is 5.11 Å². The summed E-state index contributed by atoms with van der Waals surface area (Å²) in [6.45, 7) is 4.91. The van der Waals surface area contributed by atoms with E-state index in [0.717, 1.165) is 30.9 Å². The summed E-state index contributed by atoms with van der Waals surface area (Å²) in [5, 5.41) is 9.52. The third-order valence-corrected chi connectivity index (χ3v) is 5.11. The van der Waals surface area contributed by atoms with Gasteiger partial charge in [-0.2, -0.15) is 4.98 Å². The quantitative estimate of drug-likeness (QED) is 0.303. The molecule has 0 fully saturated rings. The molecule has 0 spiro atoms. The first-order chi connectivity index (χ1) is 15.7. The van der Waals surface area contributed by atoms with E-state index >= 15 is 0 Å².